The Labute approximate surface area is 223 Å². The van der Waals surface area contributed by atoms with Gasteiger partial charge in [-0.25, -0.2) is 8.78 Å². The number of likely N-dealkylation sites (tertiary alicyclic amines) is 1. The number of halogens is 2. The number of ketones is 1. The molecule has 0 aromatic heterocycles. The van der Waals surface area contributed by atoms with Crippen LogP contribution in [0.4, 0.5) is 8.78 Å². The molecule has 1 aliphatic heterocycles. The Morgan fingerprint density at radius 3 is 2.42 bits per heavy atom. The summed E-state index contributed by atoms with van der Waals surface area (Å²) < 4.78 is 26.8. The molecule has 204 valence electrons. The first-order valence-corrected chi connectivity index (χ1v) is 13.6. The minimum Gasteiger partial charge on any atom is -0.342 e. The number of amides is 2. The molecule has 4 rings (SSSR count). The molecule has 2 aliphatic rings. The molecule has 1 unspecified atom stereocenters. The fourth-order valence-electron chi connectivity index (χ4n) is 5.38. The Morgan fingerprint density at radius 2 is 1.74 bits per heavy atom. The molecule has 1 saturated heterocycles. The van der Waals surface area contributed by atoms with E-state index in [-0.39, 0.29) is 48.4 Å². The number of carbonyl (C=O) groups is 3. The van der Waals surface area contributed by atoms with Crippen molar-refractivity contribution in [3.8, 4) is 0 Å². The zero-order valence-corrected chi connectivity index (χ0v) is 22.1. The summed E-state index contributed by atoms with van der Waals surface area (Å²) in [5.41, 5.74) is 1.80. The van der Waals surface area contributed by atoms with E-state index >= 15 is 0 Å². The van der Waals surface area contributed by atoms with Crippen molar-refractivity contribution in [3.05, 3.63) is 70.8 Å². The van der Waals surface area contributed by atoms with Gasteiger partial charge in [-0.3, -0.25) is 14.4 Å². The van der Waals surface area contributed by atoms with E-state index in [2.05, 4.69) is 10.6 Å². The number of nitrogens with one attached hydrogen (secondary N) is 2. The van der Waals surface area contributed by atoms with E-state index in [1.807, 2.05) is 32.0 Å². The Morgan fingerprint density at radius 1 is 1.00 bits per heavy atom. The lowest BCUT2D eigenvalue weighted by Gasteiger charge is -2.40. The predicted molar refractivity (Wildman–Crippen MR) is 142 cm³/mol. The van der Waals surface area contributed by atoms with E-state index in [4.69, 9.17) is 0 Å². The minimum absolute atomic E-state index is 0.0540. The average Bonchev–Trinajstić information content (AvgIpc) is 2.88. The zero-order valence-electron chi connectivity index (χ0n) is 22.1. The second-order valence-corrected chi connectivity index (χ2v) is 10.9. The molecule has 1 heterocycles. The number of rotatable bonds is 10. The van der Waals surface area contributed by atoms with Crippen LogP contribution in [0.2, 0.25) is 0 Å². The van der Waals surface area contributed by atoms with Crippen LogP contribution in [0.1, 0.15) is 73.4 Å². The number of hydrogen-bond donors (Lipinski definition) is 2. The maximum Gasteiger partial charge on any atom is 0.251 e. The maximum absolute atomic E-state index is 13.8. The van der Waals surface area contributed by atoms with Crippen LogP contribution in [0, 0.1) is 23.5 Å². The number of Topliss-reactive ketones (excluding diaryl/α,β-unsaturated/α-hetero) is 1. The molecule has 1 atom stereocenters. The molecule has 2 aromatic rings. The highest BCUT2D eigenvalue weighted by Crippen LogP contribution is 2.30. The first-order valence-electron chi connectivity index (χ1n) is 13.6. The summed E-state index contributed by atoms with van der Waals surface area (Å²) in [5, 5.41) is 5.97. The Kier molecular flexibility index (Phi) is 9.26. The number of benzene rings is 2. The van der Waals surface area contributed by atoms with Crippen LogP contribution in [0.25, 0.3) is 0 Å². The third kappa shape index (κ3) is 6.84. The van der Waals surface area contributed by atoms with E-state index in [1.165, 1.54) is 18.6 Å². The monoisotopic (exact) mass is 525 g/mol. The average molecular weight is 526 g/mol. The van der Waals surface area contributed by atoms with E-state index in [1.54, 1.807) is 11.0 Å². The summed E-state index contributed by atoms with van der Waals surface area (Å²) in [6.07, 6.45) is 5.28. The summed E-state index contributed by atoms with van der Waals surface area (Å²) in [7, 11) is 0. The fourth-order valence-corrected chi connectivity index (χ4v) is 5.38. The molecular weight excluding hydrogens is 488 g/mol. The van der Waals surface area contributed by atoms with E-state index in [0.717, 1.165) is 37.3 Å². The highest BCUT2D eigenvalue weighted by molar-refractivity contribution is 5.98. The first-order chi connectivity index (χ1) is 18.2. The van der Waals surface area contributed by atoms with Crippen LogP contribution in [-0.4, -0.2) is 48.2 Å². The van der Waals surface area contributed by atoms with Crippen LogP contribution in [0.15, 0.2) is 42.5 Å². The standard InChI is InChI=1S/C30H37F2N3O3/c1-19(2)29(37)28(20-7-4-3-5-8-20)34-30(38)22-10-6-9-21(13-22)24-17-35(18-24)27(36)16-33-15-23-11-12-25(31)14-26(23)32/h6,9-14,19-20,24,28,33H,3-5,7-8,15-18H2,1-2H3,(H,34,38). The van der Waals surface area contributed by atoms with Crippen LogP contribution in [-0.2, 0) is 16.1 Å². The molecule has 2 N–H and O–H groups in total. The van der Waals surface area contributed by atoms with Gasteiger partial charge in [-0.1, -0.05) is 51.3 Å². The summed E-state index contributed by atoms with van der Waals surface area (Å²) in [6, 6.07) is 10.3. The van der Waals surface area contributed by atoms with Crippen LogP contribution in [0.5, 0.6) is 0 Å². The molecule has 1 saturated carbocycles. The van der Waals surface area contributed by atoms with Gasteiger partial charge in [0.1, 0.15) is 11.6 Å². The summed E-state index contributed by atoms with van der Waals surface area (Å²) in [6.45, 7) is 5.02. The summed E-state index contributed by atoms with van der Waals surface area (Å²) in [5.74, 6) is -1.36. The van der Waals surface area contributed by atoms with E-state index in [0.29, 0.717) is 24.2 Å². The topological polar surface area (TPSA) is 78.5 Å². The van der Waals surface area contributed by atoms with Gasteiger partial charge in [0, 0.05) is 48.7 Å². The molecule has 0 spiro atoms. The van der Waals surface area contributed by atoms with Gasteiger partial charge < -0.3 is 15.5 Å². The first kappa shape index (κ1) is 27.9. The Hall–Kier alpha value is -3.13. The van der Waals surface area contributed by atoms with Gasteiger partial charge in [0.05, 0.1) is 12.6 Å². The minimum atomic E-state index is -0.642. The second-order valence-electron chi connectivity index (χ2n) is 10.9. The molecule has 38 heavy (non-hydrogen) atoms. The van der Waals surface area contributed by atoms with Gasteiger partial charge in [-0.15, -0.1) is 0 Å². The van der Waals surface area contributed by atoms with Gasteiger partial charge in [0.15, 0.2) is 5.78 Å². The molecule has 8 heteroatoms. The molecule has 1 aliphatic carbocycles. The Bertz CT molecular complexity index is 1160. The van der Waals surface area contributed by atoms with Crippen molar-refractivity contribution in [1.82, 2.24) is 15.5 Å². The third-order valence-corrected chi connectivity index (χ3v) is 7.74. The number of hydrogen-bond acceptors (Lipinski definition) is 4. The fraction of sp³-hybridized carbons (Fsp3) is 0.500. The normalized spacial score (nSPS) is 17.2. The smallest absolute Gasteiger partial charge is 0.251 e. The molecule has 0 radical (unpaired) electrons. The van der Waals surface area contributed by atoms with Crippen molar-refractivity contribution >= 4 is 17.6 Å². The molecule has 2 amide bonds. The lowest BCUT2D eigenvalue weighted by atomic mass is 9.80. The SMILES string of the molecule is CC(C)C(=O)C(NC(=O)c1cccc(C2CN(C(=O)CNCc3ccc(F)cc3F)C2)c1)C1CCCCC1. The van der Waals surface area contributed by atoms with Crippen LogP contribution in [0.3, 0.4) is 0 Å². The van der Waals surface area contributed by atoms with Crippen molar-refractivity contribution in [2.45, 2.75) is 64.5 Å². The molecule has 2 aromatic carbocycles. The van der Waals surface area contributed by atoms with Crippen LogP contribution >= 0.6 is 0 Å². The largest absolute Gasteiger partial charge is 0.342 e. The van der Waals surface area contributed by atoms with Crippen molar-refractivity contribution < 1.29 is 23.2 Å². The zero-order chi connectivity index (χ0) is 27.2. The van der Waals surface area contributed by atoms with Gasteiger partial charge in [0.2, 0.25) is 5.91 Å². The molecule has 0 bridgehead atoms. The second kappa shape index (κ2) is 12.6. The highest BCUT2D eigenvalue weighted by atomic mass is 19.1. The summed E-state index contributed by atoms with van der Waals surface area (Å²) in [4.78, 5) is 40.3. The Balaban J connectivity index is 1.29. The van der Waals surface area contributed by atoms with E-state index in [9.17, 15) is 23.2 Å². The maximum atomic E-state index is 13.8. The van der Waals surface area contributed by atoms with Crippen molar-refractivity contribution in [2.75, 3.05) is 19.6 Å². The van der Waals surface area contributed by atoms with E-state index < -0.39 is 17.7 Å². The van der Waals surface area contributed by atoms with Gasteiger partial charge in [-0.2, -0.15) is 0 Å². The van der Waals surface area contributed by atoms with Crippen molar-refractivity contribution in [3.63, 3.8) is 0 Å². The molecule has 6 nitrogen and oxygen atoms in total. The van der Waals surface area contributed by atoms with Gasteiger partial charge >= 0.3 is 0 Å². The van der Waals surface area contributed by atoms with Gasteiger partial charge in [-0.05, 0) is 42.5 Å². The number of nitrogens with zero attached hydrogens (tertiary/aromatic N) is 1. The van der Waals surface area contributed by atoms with Crippen molar-refractivity contribution in [2.24, 2.45) is 11.8 Å². The molecule has 2 fully saturated rings. The van der Waals surface area contributed by atoms with Gasteiger partial charge in [0.25, 0.3) is 5.91 Å². The molecular formula is C30H37F2N3O3. The van der Waals surface area contributed by atoms with Crippen LogP contribution < -0.4 is 10.6 Å². The quantitative estimate of drug-likeness (QED) is 0.476. The summed E-state index contributed by atoms with van der Waals surface area (Å²) >= 11 is 0. The predicted octanol–water partition coefficient (Wildman–Crippen LogP) is 4.58. The number of carbonyl (C=O) groups excluding carboxylic acids is 3. The van der Waals surface area contributed by atoms with Crippen molar-refractivity contribution in [1.29, 1.82) is 0 Å². The lowest BCUT2D eigenvalue weighted by molar-refractivity contribution is -0.134. The highest BCUT2D eigenvalue weighted by Gasteiger charge is 2.34. The third-order valence-electron chi connectivity index (χ3n) is 7.74. The lowest BCUT2D eigenvalue weighted by Crippen LogP contribution is -2.51.